The van der Waals surface area contributed by atoms with Gasteiger partial charge in [-0.1, -0.05) is 24.8 Å². The van der Waals surface area contributed by atoms with Crippen LogP contribution in [0, 0.1) is 10.1 Å². The molecule has 0 spiro atoms. The molecule has 2 rings (SSSR count). The molecule has 0 aromatic heterocycles. The van der Waals surface area contributed by atoms with E-state index in [2.05, 4.69) is 11.9 Å². The molecule has 7 nitrogen and oxygen atoms in total. The molecule has 0 unspecified atom stereocenters. The van der Waals surface area contributed by atoms with E-state index in [1.165, 1.54) is 24.3 Å². The zero-order valence-corrected chi connectivity index (χ0v) is 12.8. The number of anilines is 1. The molecule has 0 bridgehead atoms. The normalized spacial score (nSPS) is 9.83. The van der Waals surface area contributed by atoms with Gasteiger partial charge in [0, 0.05) is 12.1 Å². The molecule has 0 aliphatic carbocycles. The van der Waals surface area contributed by atoms with Crippen LogP contribution in [0.1, 0.15) is 0 Å². The van der Waals surface area contributed by atoms with Gasteiger partial charge in [0.05, 0.1) is 10.6 Å². The van der Waals surface area contributed by atoms with Gasteiger partial charge < -0.3 is 14.8 Å². The van der Waals surface area contributed by atoms with Crippen molar-refractivity contribution in [2.75, 3.05) is 18.5 Å². The van der Waals surface area contributed by atoms with E-state index in [4.69, 9.17) is 9.47 Å². The van der Waals surface area contributed by atoms with E-state index in [0.29, 0.717) is 23.8 Å². The largest absolute Gasteiger partial charge is 0.487 e. The molecule has 0 aliphatic rings. The predicted octanol–water partition coefficient (Wildman–Crippen LogP) is 3.18. The SMILES string of the molecule is C=CCOc1ccccc1NC(=O)COc1ccc([N+](=O)[O-])cc1. The summed E-state index contributed by atoms with van der Waals surface area (Å²) in [7, 11) is 0. The van der Waals surface area contributed by atoms with E-state index in [9.17, 15) is 14.9 Å². The van der Waals surface area contributed by atoms with Crippen molar-refractivity contribution in [1.29, 1.82) is 0 Å². The molecule has 0 aliphatic heterocycles. The Labute approximate surface area is 138 Å². The smallest absolute Gasteiger partial charge is 0.269 e. The Morgan fingerprint density at radius 2 is 1.88 bits per heavy atom. The summed E-state index contributed by atoms with van der Waals surface area (Å²) in [6.45, 7) is 3.67. The van der Waals surface area contributed by atoms with Gasteiger partial charge in [-0.25, -0.2) is 0 Å². The standard InChI is InChI=1S/C17H16N2O5/c1-2-11-23-16-6-4-3-5-15(16)18-17(20)12-24-14-9-7-13(8-10-14)19(21)22/h2-10H,1,11-12H2,(H,18,20). The molecule has 2 aromatic rings. The second-order valence-corrected chi connectivity index (χ2v) is 4.68. The number of nitro groups is 1. The van der Waals surface area contributed by atoms with Crippen molar-refractivity contribution in [2.45, 2.75) is 0 Å². The van der Waals surface area contributed by atoms with Gasteiger partial charge in [-0.05, 0) is 24.3 Å². The van der Waals surface area contributed by atoms with E-state index in [-0.39, 0.29) is 18.2 Å². The molecule has 2 aromatic carbocycles. The maximum Gasteiger partial charge on any atom is 0.269 e. The highest BCUT2D eigenvalue weighted by Gasteiger charge is 2.09. The first-order valence-electron chi connectivity index (χ1n) is 7.10. The van der Waals surface area contributed by atoms with Crippen LogP contribution in [0.5, 0.6) is 11.5 Å². The lowest BCUT2D eigenvalue weighted by Gasteiger charge is -2.11. The number of ether oxygens (including phenoxy) is 2. The lowest BCUT2D eigenvalue weighted by molar-refractivity contribution is -0.384. The topological polar surface area (TPSA) is 90.7 Å². The molecular weight excluding hydrogens is 312 g/mol. The third-order valence-corrected chi connectivity index (χ3v) is 2.94. The van der Waals surface area contributed by atoms with E-state index < -0.39 is 4.92 Å². The van der Waals surface area contributed by atoms with E-state index in [0.717, 1.165) is 0 Å². The van der Waals surface area contributed by atoms with Crippen LogP contribution in [0.25, 0.3) is 0 Å². The van der Waals surface area contributed by atoms with Gasteiger partial charge in [0.25, 0.3) is 11.6 Å². The molecule has 0 fully saturated rings. The second kappa shape index (κ2) is 8.33. The summed E-state index contributed by atoms with van der Waals surface area (Å²) in [5.41, 5.74) is 0.483. The number of non-ortho nitro benzene ring substituents is 1. The number of amides is 1. The van der Waals surface area contributed by atoms with E-state index >= 15 is 0 Å². The summed E-state index contributed by atoms with van der Waals surface area (Å²) in [5.74, 6) is 0.524. The molecule has 0 saturated heterocycles. The number of nitrogens with zero attached hydrogens (tertiary/aromatic N) is 1. The Hall–Kier alpha value is -3.35. The first-order valence-corrected chi connectivity index (χ1v) is 7.10. The number of nitrogens with one attached hydrogen (secondary N) is 1. The summed E-state index contributed by atoms with van der Waals surface area (Å²) in [5, 5.41) is 13.3. The molecule has 0 heterocycles. The lowest BCUT2D eigenvalue weighted by Crippen LogP contribution is -2.20. The molecule has 1 N–H and O–H groups in total. The number of carbonyl (C=O) groups excluding carboxylic acids is 1. The van der Waals surface area contributed by atoms with Crippen molar-refractivity contribution < 1.29 is 19.2 Å². The third-order valence-electron chi connectivity index (χ3n) is 2.94. The van der Waals surface area contributed by atoms with Gasteiger partial charge in [0.2, 0.25) is 0 Å². The van der Waals surface area contributed by atoms with Crippen molar-refractivity contribution in [3.8, 4) is 11.5 Å². The first kappa shape index (κ1) is 17.0. The quantitative estimate of drug-likeness (QED) is 0.456. The fourth-order valence-corrected chi connectivity index (χ4v) is 1.84. The van der Waals surface area contributed by atoms with E-state index in [1.807, 2.05) is 0 Å². The van der Waals surface area contributed by atoms with Crippen LogP contribution in [0.2, 0.25) is 0 Å². The summed E-state index contributed by atoms with van der Waals surface area (Å²) in [6.07, 6.45) is 1.61. The van der Waals surface area contributed by atoms with Crippen LogP contribution in [0.3, 0.4) is 0 Å². The lowest BCUT2D eigenvalue weighted by atomic mass is 10.3. The van der Waals surface area contributed by atoms with Crippen LogP contribution in [0.15, 0.2) is 61.2 Å². The fourth-order valence-electron chi connectivity index (χ4n) is 1.84. The van der Waals surface area contributed by atoms with Crippen molar-refractivity contribution in [3.05, 3.63) is 71.3 Å². The molecule has 0 saturated carbocycles. The Morgan fingerprint density at radius 3 is 2.54 bits per heavy atom. The van der Waals surface area contributed by atoms with Crippen LogP contribution < -0.4 is 14.8 Å². The zero-order chi connectivity index (χ0) is 17.4. The first-order chi connectivity index (χ1) is 11.6. The number of rotatable bonds is 8. The number of carbonyl (C=O) groups is 1. The van der Waals surface area contributed by atoms with Gasteiger partial charge >= 0.3 is 0 Å². The van der Waals surface area contributed by atoms with Crippen LogP contribution in [-0.2, 0) is 4.79 Å². The second-order valence-electron chi connectivity index (χ2n) is 4.68. The highest BCUT2D eigenvalue weighted by molar-refractivity contribution is 5.93. The number of para-hydroxylation sites is 2. The van der Waals surface area contributed by atoms with Gasteiger partial charge in [0.15, 0.2) is 6.61 Å². The van der Waals surface area contributed by atoms with Gasteiger partial charge in [-0.15, -0.1) is 0 Å². The number of nitro benzene ring substituents is 1. The molecule has 24 heavy (non-hydrogen) atoms. The van der Waals surface area contributed by atoms with Crippen LogP contribution in [0.4, 0.5) is 11.4 Å². The van der Waals surface area contributed by atoms with Crippen molar-refractivity contribution in [1.82, 2.24) is 0 Å². The van der Waals surface area contributed by atoms with Crippen molar-refractivity contribution in [2.24, 2.45) is 0 Å². The van der Waals surface area contributed by atoms with E-state index in [1.54, 1.807) is 30.3 Å². The van der Waals surface area contributed by atoms with Gasteiger partial charge in [0.1, 0.15) is 18.1 Å². The predicted molar refractivity (Wildman–Crippen MR) is 89.4 cm³/mol. The molecule has 0 atom stereocenters. The van der Waals surface area contributed by atoms with Gasteiger partial charge in [-0.3, -0.25) is 14.9 Å². The molecule has 7 heteroatoms. The highest BCUT2D eigenvalue weighted by atomic mass is 16.6. The summed E-state index contributed by atoms with van der Waals surface area (Å²) in [4.78, 5) is 22.0. The molecule has 0 radical (unpaired) electrons. The monoisotopic (exact) mass is 328 g/mol. The molecular formula is C17H16N2O5. The van der Waals surface area contributed by atoms with Crippen molar-refractivity contribution >= 4 is 17.3 Å². The fraction of sp³-hybridized carbons (Fsp3) is 0.118. The highest BCUT2D eigenvalue weighted by Crippen LogP contribution is 2.23. The maximum atomic E-state index is 12.0. The minimum atomic E-state index is -0.503. The van der Waals surface area contributed by atoms with Crippen LogP contribution in [-0.4, -0.2) is 24.0 Å². The zero-order valence-electron chi connectivity index (χ0n) is 12.8. The maximum absolute atomic E-state index is 12.0. The summed E-state index contributed by atoms with van der Waals surface area (Å²) >= 11 is 0. The summed E-state index contributed by atoms with van der Waals surface area (Å²) < 4.78 is 10.8. The Bertz CT molecular complexity index is 728. The van der Waals surface area contributed by atoms with Gasteiger partial charge in [-0.2, -0.15) is 0 Å². The average molecular weight is 328 g/mol. The average Bonchev–Trinajstić information content (AvgIpc) is 2.59. The summed E-state index contributed by atoms with van der Waals surface area (Å²) in [6, 6.07) is 12.5. The molecule has 124 valence electrons. The number of hydrogen-bond acceptors (Lipinski definition) is 5. The Morgan fingerprint density at radius 1 is 1.17 bits per heavy atom. The van der Waals surface area contributed by atoms with Crippen molar-refractivity contribution in [3.63, 3.8) is 0 Å². The van der Waals surface area contributed by atoms with Crippen LogP contribution >= 0.6 is 0 Å². The molecule has 1 amide bonds. The Kier molecular flexibility index (Phi) is 5.90. The third kappa shape index (κ3) is 4.84. The number of benzene rings is 2. The number of hydrogen-bond donors (Lipinski definition) is 1. The minimum absolute atomic E-state index is 0.0416. The Balaban J connectivity index is 1.91. The minimum Gasteiger partial charge on any atom is -0.487 e.